The van der Waals surface area contributed by atoms with E-state index < -0.39 is 0 Å². The van der Waals surface area contributed by atoms with Gasteiger partial charge in [0.05, 0.1) is 0 Å². The van der Waals surface area contributed by atoms with Crippen LogP contribution >= 0.6 is 0 Å². The van der Waals surface area contributed by atoms with E-state index in [1.54, 1.807) is 18.5 Å². The van der Waals surface area contributed by atoms with Gasteiger partial charge in [0.25, 0.3) is 0 Å². The van der Waals surface area contributed by atoms with Crippen LogP contribution in [0.25, 0.3) is 0 Å². The summed E-state index contributed by atoms with van der Waals surface area (Å²) >= 11 is 0. The number of amides is 2. The second-order valence-corrected chi connectivity index (χ2v) is 6.09. The molecule has 2 N–H and O–H groups in total. The Balaban J connectivity index is 1.42. The maximum Gasteiger partial charge on any atom is 0.319 e. The van der Waals surface area contributed by atoms with Crippen molar-refractivity contribution in [3.8, 4) is 6.01 Å². The zero-order valence-corrected chi connectivity index (χ0v) is 13.7. The lowest BCUT2D eigenvalue weighted by molar-refractivity contribution is 0.129. The molecule has 2 aromatic rings. The molecule has 0 atom stereocenters. The minimum Gasteiger partial charge on any atom is -0.460 e. The van der Waals surface area contributed by atoms with Gasteiger partial charge in [-0.3, -0.25) is 0 Å². The number of hydrogen-bond acceptors (Lipinski definition) is 4. The molecule has 126 valence electrons. The molecule has 1 heterocycles. The van der Waals surface area contributed by atoms with Gasteiger partial charge in [0.15, 0.2) is 0 Å². The second kappa shape index (κ2) is 7.77. The molecular weight excluding hydrogens is 304 g/mol. The fourth-order valence-electron chi connectivity index (χ4n) is 2.90. The summed E-state index contributed by atoms with van der Waals surface area (Å²) in [6, 6.07) is 9.97. The van der Waals surface area contributed by atoms with Gasteiger partial charge in [-0.15, -0.1) is 0 Å². The Morgan fingerprint density at radius 1 is 1.12 bits per heavy atom. The summed E-state index contributed by atoms with van der Waals surface area (Å²) in [5, 5.41) is 5.91. The topological polar surface area (TPSA) is 76.1 Å². The molecule has 1 aliphatic rings. The van der Waals surface area contributed by atoms with Gasteiger partial charge in [-0.1, -0.05) is 12.1 Å². The summed E-state index contributed by atoms with van der Waals surface area (Å²) in [5.74, 6) is 0. The van der Waals surface area contributed by atoms with E-state index in [1.807, 2.05) is 31.2 Å². The first-order chi connectivity index (χ1) is 11.7. The average Bonchev–Trinajstić information content (AvgIpc) is 2.57. The van der Waals surface area contributed by atoms with Crippen LogP contribution in [0.2, 0.25) is 0 Å². The number of carbonyl (C=O) groups excluding carboxylic acids is 1. The molecule has 2 amide bonds. The van der Waals surface area contributed by atoms with Crippen molar-refractivity contribution < 1.29 is 9.53 Å². The highest BCUT2D eigenvalue weighted by Crippen LogP contribution is 2.22. The molecule has 6 nitrogen and oxygen atoms in total. The van der Waals surface area contributed by atoms with Crippen molar-refractivity contribution in [3.63, 3.8) is 0 Å². The fourth-order valence-corrected chi connectivity index (χ4v) is 2.90. The van der Waals surface area contributed by atoms with Crippen LogP contribution in [0.1, 0.15) is 31.2 Å². The van der Waals surface area contributed by atoms with Crippen LogP contribution in [0, 0.1) is 6.92 Å². The lowest BCUT2D eigenvalue weighted by atomic mass is 9.93. The molecule has 0 unspecified atom stereocenters. The highest BCUT2D eigenvalue weighted by atomic mass is 16.5. The van der Waals surface area contributed by atoms with E-state index in [-0.39, 0.29) is 18.2 Å². The number of urea groups is 1. The van der Waals surface area contributed by atoms with Gasteiger partial charge in [0.2, 0.25) is 0 Å². The maximum atomic E-state index is 12.1. The largest absolute Gasteiger partial charge is 0.460 e. The molecule has 1 aromatic heterocycles. The van der Waals surface area contributed by atoms with Gasteiger partial charge in [-0.25, -0.2) is 14.8 Å². The number of carbonyl (C=O) groups is 1. The number of hydrogen-bond donors (Lipinski definition) is 2. The van der Waals surface area contributed by atoms with Crippen molar-refractivity contribution >= 4 is 11.7 Å². The SMILES string of the molecule is Cc1cccc(NC(=O)NC2CCC(Oc3ncccn3)CC2)c1. The minimum absolute atomic E-state index is 0.116. The Labute approximate surface area is 141 Å². The third-order valence-electron chi connectivity index (χ3n) is 4.10. The summed E-state index contributed by atoms with van der Waals surface area (Å²) in [6.07, 6.45) is 7.00. The second-order valence-electron chi connectivity index (χ2n) is 6.09. The molecule has 1 aliphatic carbocycles. The number of nitrogens with one attached hydrogen (secondary N) is 2. The predicted octanol–water partition coefficient (Wildman–Crippen LogP) is 3.30. The number of ether oxygens (including phenoxy) is 1. The molecule has 0 spiro atoms. The average molecular weight is 326 g/mol. The Bertz CT molecular complexity index is 670. The maximum absolute atomic E-state index is 12.1. The molecule has 0 saturated heterocycles. The Morgan fingerprint density at radius 2 is 1.88 bits per heavy atom. The third kappa shape index (κ3) is 4.68. The van der Waals surface area contributed by atoms with Crippen molar-refractivity contribution in [2.24, 2.45) is 0 Å². The van der Waals surface area contributed by atoms with E-state index in [0.29, 0.717) is 6.01 Å². The van der Waals surface area contributed by atoms with Gasteiger partial charge >= 0.3 is 12.0 Å². The molecule has 6 heteroatoms. The van der Waals surface area contributed by atoms with Gasteiger partial charge in [-0.05, 0) is 56.4 Å². The van der Waals surface area contributed by atoms with E-state index in [1.165, 1.54) is 0 Å². The summed E-state index contributed by atoms with van der Waals surface area (Å²) in [5.41, 5.74) is 1.93. The van der Waals surface area contributed by atoms with Crippen molar-refractivity contribution in [3.05, 3.63) is 48.3 Å². The lowest BCUT2D eigenvalue weighted by Crippen LogP contribution is -2.41. The quantitative estimate of drug-likeness (QED) is 0.904. The molecule has 0 radical (unpaired) electrons. The highest BCUT2D eigenvalue weighted by molar-refractivity contribution is 5.89. The van der Waals surface area contributed by atoms with Crippen LogP contribution in [0.15, 0.2) is 42.7 Å². The predicted molar refractivity (Wildman–Crippen MR) is 92.0 cm³/mol. The first kappa shape index (κ1) is 16.2. The number of rotatable bonds is 4. The first-order valence-corrected chi connectivity index (χ1v) is 8.27. The third-order valence-corrected chi connectivity index (χ3v) is 4.10. The Morgan fingerprint density at radius 3 is 2.58 bits per heavy atom. The van der Waals surface area contributed by atoms with Crippen LogP contribution in [0.3, 0.4) is 0 Å². The van der Waals surface area contributed by atoms with E-state index in [2.05, 4.69) is 20.6 Å². The number of benzene rings is 1. The molecule has 3 rings (SSSR count). The number of aryl methyl sites for hydroxylation is 1. The molecule has 1 aromatic carbocycles. The van der Waals surface area contributed by atoms with E-state index in [0.717, 1.165) is 36.9 Å². The van der Waals surface area contributed by atoms with Crippen molar-refractivity contribution in [2.75, 3.05) is 5.32 Å². The zero-order valence-electron chi connectivity index (χ0n) is 13.7. The fraction of sp³-hybridized carbons (Fsp3) is 0.389. The number of nitrogens with zero attached hydrogens (tertiary/aromatic N) is 2. The van der Waals surface area contributed by atoms with Crippen LogP contribution < -0.4 is 15.4 Å². The molecule has 1 fully saturated rings. The minimum atomic E-state index is -0.156. The van der Waals surface area contributed by atoms with Crippen LogP contribution in [-0.4, -0.2) is 28.1 Å². The number of anilines is 1. The molecular formula is C18H22N4O2. The number of aromatic nitrogens is 2. The van der Waals surface area contributed by atoms with Crippen LogP contribution in [-0.2, 0) is 0 Å². The summed E-state index contributed by atoms with van der Waals surface area (Å²) in [4.78, 5) is 20.3. The Kier molecular flexibility index (Phi) is 5.25. The standard InChI is InChI=1S/C18H22N4O2/c1-13-4-2-5-15(12-13)22-17(23)21-14-6-8-16(9-7-14)24-18-19-10-3-11-20-18/h2-5,10-12,14,16H,6-9H2,1H3,(H2,21,22,23). The van der Waals surface area contributed by atoms with Crippen LogP contribution in [0.4, 0.5) is 10.5 Å². The molecule has 24 heavy (non-hydrogen) atoms. The lowest BCUT2D eigenvalue weighted by Gasteiger charge is -2.28. The summed E-state index contributed by atoms with van der Waals surface area (Å²) in [7, 11) is 0. The molecule has 1 saturated carbocycles. The Hall–Kier alpha value is -2.63. The van der Waals surface area contributed by atoms with Gasteiger partial charge in [0.1, 0.15) is 6.10 Å². The zero-order chi connectivity index (χ0) is 16.8. The van der Waals surface area contributed by atoms with Gasteiger partial charge < -0.3 is 15.4 Å². The highest BCUT2D eigenvalue weighted by Gasteiger charge is 2.24. The smallest absolute Gasteiger partial charge is 0.319 e. The monoisotopic (exact) mass is 326 g/mol. The van der Waals surface area contributed by atoms with Crippen molar-refractivity contribution in [2.45, 2.75) is 44.8 Å². The first-order valence-electron chi connectivity index (χ1n) is 8.27. The van der Waals surface area contributed by atoms with E-state index in [9.17, 15) is 4.79 Å². The molecule has 0 aliphatic heterocycles. The normalized spacial score (nSPS) is 20.2. The van der Waals surface area contributed by atoms with E-state index >= 15 is 0 Å². The van der Waals surface area contributed by atoms with Crippen molar-refractivity contribution in [1.82, 2.24) is 15.3 Å². The van der Waals surface area contributed by atoms with Crippen LogP contribution in [0.5, 0.6) is 6.01 Å². The van der Waals surface area contributed by atoms with Crippen molar-refractivity contribution in [1.29, 1.82) is 0 Å². The van der Waals surface area contributed by atoms with E-state index in [4.69, 9.17) is 4.74 Å². The summed E-state index contributed by atoms with van der Waals surface area (Å²) < 4.78 is 5.77. The van der Waals surface area contributed by atoms with Gasteiger partial charge in [0, 0.05) is 24.1 Å². The summed E-state index contributed by atoms with van der Waals surface area (Å²) in [6.45, 7) is 2.00. The van der Waals surface area contributed by atoms with Gasteiger partial charge in [-0.2, -0.15) is 0 Å². The molecule has 0 bridgehead atoms.